The van der Waals surface area contributed by atoms with Crippen molar-refractivity contribution in [2.24, 2.45) is 44.3 Å². The smallest absolute Gasteiger partial charge is 0.178 e. The zero-order valence-electron chi connectivity index (χ0n) is 23.2. The van der Waals surface area contributed by atoms with E-state index in [-0.39, 0.29) is 40.6 Å². The van der Waals surface area contributed by atoms with Crippen LogP contribution in [0.4, 0.5) is 0 Å². The molecular formula is C31H45NO4. The fourth-order valence-corrected chi connectivity index (χ4v) is 10.3. The number of rotatable bonds is 1. The van der Waals surface area contributed by atoms with E-state index < -0.39 is 33.4 Å². The van der Waals surface area contributed by atoms with Gasteiger partial charge in [-0.2, -0.15) is 5.26 Å². The third kappa shape index (κ3) is 2.79. The number of aliphatic hydroxyl groups is 3. The minimum absolute atomic E-state index is 0.0182. The summed E-state index contributed by atoms with van der Waals surface area (Å²) in [7, 11) is 0. The maximum atomic E-state index is 13.2. The molecule has 0 aromatic carbocycles. The van der Waals surface area contributed by atoms with Gasteiger partial charge in [0.15, 0.2) is 5.78 Å². The Bertz CT molecular complexity index is 1110. The summed E-state index contributed by atoms with van der Waals surface area (Å²) in [4.78, 5) is 13.2. The van der Waals surface area contributed by atoms with E-state index in [1.165, 1.54) is 0 Å². The summed E-state index contributed by atoms with van der Waals surface area (Å²) in [6.45, 7) is 15.0. The number of fused-ring (bicyclic) bond motifs is 7. The van der Waals surface area contributed by atoms with Crippen molar-refractivity contribution in [3.8, 4) is 6.07 Å². The summed E-state index contributed by atoms with van der Waals surface area (Å²) < 4.78 is 0. The molecule has 0 saturated heterocycles. The lowest BCUT2D eigenvalue weighted by Gasteiger charge is -2.73. The Morgan fingerprint density at radius 3 is 2.25 bits per heavy atom. The monoisotopic (exact) mass is 495 g/mol. The van der Waals surface area contributed by atoms with Crippen molar-refractivity contribution in [3.63, 3.8) is 0 Å². The Hall–Kier alpha value is -1.48. The molecule has 3 fully saturated rings. The average Bonchev–Trinajstić information content (AvgIpc) is 2.80. The first-order valence-electron chi connectivity index (χ1n) is 13.9. The molecule has 8 atom stereocenters. The number of hydrogen-bond donors (Lipinski definition) is 3. The molecule has 5 aliphatic rings. The van der Waals surface area contributed by atoms with Crippen LogP contribution >= 0.6 is 0 Å². The highest BCUT2D eigenvalue weighted by Crippen LogP contribution is 2.76. The standard InChI is InChI=1S/C31H45NO4/c1-25(2)10-12-30(18-33)13-11-29(7)28(6)9-8-20-26(3,4)24(35)19(17-32)15-27(20,5)21(28)14-23(34)31(29,36)22(30)16-25/h14-15,20,22-23,33-34,36H,8-13,16,18H2,1-7H3/t20?,22?,23-,27+,28-,29+,30-,31-/m1/s1. The Balaban J connectivity index is 1.73. The molecule has 0 aromatic heterocycles. The van der Waals surface area contributed by atoms with Crippen LogP contribution in [0.5, 0.6) is 0 Å². The predicted octanol–water partition coefficient (Wildman–Crippen LogP) is 5.10. The molecule has 5 aliphatic carbocycles. The molecule has 0 amide bonds. The highest BCUT2D eigenvalue weighted by atomic mass is 16.3. The minimum atomic E-state index is -1.37. The zero-order valence-corrected chi connectivity index (χ0v) is 23.2. The number of nitriles is 1. The number of Topliss-reactive ketones (excluding diaryl/α,β-unsaturated/α-hetero) is 1. The van der Waals surface area contributed by atoms with Crippen molar-refractivity contribution in [3.05, 3.63) is 23.3 Å². The second-order valence-corrected chi connectivity index (χ2v) is 15.1. The molecule has 5 rings (SSSR count). The molecule has 5 nitrogen and oxygen atoms in total. The van der Waals surface area contributed by atoms with Gasteiger partial charge in [-0.1, -0.05) is 66.2 Å². The number of hydrogen-bond acceptors (Lipinski definition) is 5. The van der Waals surface area contributed by atoms with Crippen molar-refractivity contribution in [2.45, 2.75) is 105 Å². The Morgan fingerprint density at radius 2 is 1.64 bits per heavy atom. The molecule has 0 heterocycles. The molecule has 3 N–H and O–H groups in total. The molecule has 5 heteroatoms. The van der Waals surface area contributed by atoms with E-state index in [1.54, 1.807) is 0 Å². The van der Waals surface area contributed by atoms with Crippen molar-refractivity contribution in [2.75, 3.05) is 6.61 Å². The summed E-state index contributed by atoms with van der Waals surface area (Å²) in [5.41, 5.74) is -2.68. The second kappa shape index (κ2) is 7.33. The quantitative estimate of drug-likeness (QED) is 0.439. The van der Waals surface area contributed by atoms with E-state index in [1.807, 2.05) is 26.0 Å². The van der Waals surface area contributed by atoms with Gasteiger partial charge >= 0.3 is 0 Å². The number of allylic oxidation sites excluding steroid dienone is 3. The van der Waals surface area contributed by atoms with Crippen molar-refractivity contribution < 1.29 is 20.1 Å². The van der Waals surface area contributed by atoms with Crippen molar-refractivity contribution in [1.82, 2.24) is 0 Å². The van der Waals surface area contributed by atoms with Crippen LogP contribution in [-0.4, -0.2) is 39.4 Å². The van der Waals surface area contributed by atoms with Crippen molar-refractivity contribution in [1.29, 1.82) is 5.26 Å². The summed E-state index contributed by atoms with van der Waals surface area (Å²) in [5.74, 6) is -0.280. The number of nitrogens with zero attached hydrogens (tertiary/aromatic N) is 1. The molecular weight excluding hydrogens is 450 g/mol. The molecule has 0 spiro atoms. The van der Waals surface area contributed by atoms with Gasteiger partial charge in [-0.05, 0) is 73.0 Å². The molecule has 36 heavy (non-hydrogen) atoms. The van der Waals surface area contributed by atoms with Crippen LogP contribution in [-0.2, 0) is 4.79 Å². The van der Waals surface area contributed by atoms with Gasteiger partial charge in [0.2, 0.25) is 0 Å². The lowest BCUT2D eigenvalue weighted by atomic mass is 9.32. The maximum Gasteiger partial charge on any atom is 0.178 e. The lowest BCUT2D eigenvalue weighted by molar-refractivity contribution is -0.291. The molecule has 3 saturated carbocycles. The van der Waals surface area contributed by atoms with E-state index in [2.05, 4.69) is 40.7 Å². The van der Waals surface area contributed by atoms with Crippen LogP contribution in [0.15, 0.2) is 23.3 Å². The van der Waals surface area contributed by atoms with Gasteiger partial charge in [0.1, 0.15) is 17.8 Å². The van der Waals surface area contributed by atoms with E-state index >= 15 is 0 Å². The first kappa shape index (κ1) is 26.1. The minimum Gasteiger partial charge on any atom is -0.396 e. The molecule has 0 bridgehead atoms. The van der Waals surface area contributed by atoms with Gasteiger partial charge in [-0.15, -0.1) is 0 Å². The van der Waals surface area contributed by atoms with Gasteiger partial charge < -0.3 is 15.3 Å². The van der Waals surface area contributed by atoms with E-state index in [0.717, 1.165) is 50.5 Å². The third-order valence-electron chi connectivity index (χ3n) is 12.7. The second-order valence-electron chi connectivity index (χ2n) is 15.1. The van der Waals surface area contributed by atoms with Crippen LogP contribution in [0.3, 0.4) is 0 Å². The third-order valence-corrected chi connectivity index (χ3v) is 12.7. The SMILES string of the molecule is CC1(C)CC[C@]2(CO)CC[C@]3(C)[C@@](O)(C2C1)[C@H](O)C=C1[C@@]2(C)C=C(C#N)C(=O)C(C)(C)C2CC[C@]13C. The first-order valence-corrected chi connectivity index (χ1v) is 13.9. The molecule has 0 aliphatic heterocycles. The van der Waals surface area contributed by atoms with Crippen LogP contribution in [0.2, 0.25) is 0 Å². The summed E-state index contributed by atoms with van der Waals surface area (Å²) in [6.07, 6.45) is 8.55. The fourth-order valence-electron chi connectivity index (χ4n) is 10.3. The van der Waals surface area contributed by atoms with Crippen LogP contribution in [0, 0.1) is 55.7 Å². The normalized spacial score (nSPS) is 50.9. The summed E-state index contributed by atoms with van der Waals surface area (Å²) >= 11 is 0. The lowest BCUT2D eigenvalue weighted by Crippen LogP contribution is -2.75. The van der Waals surface area contributed by atoms with Crippen LogP contribution < -0.4 is 0 Å². The highest BCUT2D eigenvalue weighted by Gasteiger charge is 2.75. The van der Waals surface area contributed by atoms with Gasteiger partial charge in [-0.3, -0.25) is 4.79 Å². The fraction of sp³-hybridized carbons (Fsp3) is 0.806. The Kier molecular flexibility index (Phi) is 5.33. The zero-order chi connectivity index (χ0) is 26.7. The van der Waals surface area contributed by atoms with E-state index in [9.17, 15) is 25.4 Å². The molecule has 0 aromatic rings. The molecule has 2 unspecified atom stereocenters. The van der Waals surface area contributed by atoms with Crippen LogP contribution in [0.1, 0.15) is 93.4 Å². The number of carbonyl (C=O) groups is 1. The van der Waals surface area contributed by atoms with Crippen molar-refractivity contribution >= 4 is 5.78 Å². The van der Waals surface area contributed by atoms with Gasteiger partial charge in [0, 0.05) is 22.9 Å². The Labute approximate surface area is 216 Å². The van der Waals surface area contributed by atoms with E-state index in [4.69, 9.17) is 0 Å². The van der Waals surface area contributed by atoms with Crippen LogP contribution in [0.25, 0.3) is 0 Å². The predicted molar refractivity (Wildman–Crippen MR) is 138 cm³/mol. The topological polar surface area (TPSA) is 102 Å². The van der Waals surface area contributed by atoms with Gasteiger partial charge in [0.25, 0.3) is 0 Å². The largest absolute Gasteiger partial charge is 0.396 e. The highest BCUT2D eigenvalue weighted by molar-refractivity contribution is 6.04. The number of aliphatic hydroxyl groups excluding tert-OH is 2. The summed E-state index contributed by atoms with van der Waals surface area (Å²) in [5, 5.41) is 45.3. The molecule has 0 radical (unpaired) electrons. The van der Waals surface area contributed by atoms with Gasteiger partial charge in [0.05, 0.1) is 5.57 Å². The summed E-state index contributed by atoms with van der Waals surface area (Å²) in [6, 6.07) is 2.16. The van der Waals surface area contributed by atoms with E-state index in [0.29, 0.717) is 0 Å². The number of ketones is 1. The molecule has 198 valence electrons. The van der Waals surface area contributed by atoms with Gasteiger partial charge in [-0.25, -0.2) is 0 Å². The number of carbonyl (C=O) groups excluding carboxylic acids is 1. The maximum absolute atomic E-state index is 13.2. The average molecular weight is 496 g/mol. The first-order chi connectivity index (χ1) is 16.5. The Morgan fingerprint density at radius 1 is 1.00 bits per heavy atom.